The summed E-state index contributed by atoms with van der Waals surface area (Å²) in [5.74, 6) is 0.772. The molecule has 0 atom stereocenters. The van der Waals surface area contributed by atoms with Gasteiger partial charge >= 0.3 is 5.00 Å². The van der Waals surface area contributed by atoms with Crippen molar-refractivity contribution >= 4 is 33.6 Å². The highest BCUT2D eigenvalue weighted by atomic mass is 32.1. The minimum Gasteiger partial charge on any atom is -0.258 e. The van der Waals surface area contributed by atoms with Crippen LogP contribution in [0.1, 0.15) is 10.7 Å². The van der Waals surface area contributed by atoms with Crippen LogP contribution in [0.15, 0.2) is 41.5 Å². The van der Waals surface area contributed by atoms with Crippen molar-refractivity contribution in [1.29, 1.82) is 0 Å². The highest BCUT2D eigenvalue weighted by Crippen LogP contribution is 2.22. The number of fused-ring (bicyclic) bond motifs is 1. The molecule has 0 unspecified atom stereocenters. The molecule has 100 valence electrons. The minimum absolute atomic E-state index is 0.110. The average Bonchev–Trinajstić information content (AvgIpc) is 3.00. The van der Waals surface area contributed by atoms with Gasteiger partial charge in [-0.3, -0.25) is 10.1 Å². The molecule has 2 aromatic heterocycles. The lowest BCUT2D eigenvalue weighted by atomic mass is 10.3. The Kier molecular flexibility index (Phi) is 3.03. The fraction of sp³-hybridized carbons (Fsp3) is 0.0769. The molecule has 6 nitrogen and oxygen atoms in total. The second-order valence-corrected chi connectivity index (χ2v) is 5.23. The van der Waals surface area contributed by atoms with E-state index in [0.29, 0.717) is 0 Å². The SMILES string of the molecule is Cc1nc2ccccc2n1N=Cc1ccc([N+](=O)[O-])s1. The number of aryl methyl sites for hydroxylation is 1. The summed E-state index contributed by atoms with van der Waals surface area (Å²) in [7, 11) is 0. The first-order valence-corrected chi connectivity index (χ1v) is 6.69. The zero-order chi connectivity index (χ0) is 14.1. The molecule has 3 aromatic rings. The fourth-order valence-corrected chi connectivity index (χ4v) is 2.59. The molecule has 0 aliphatic heterocycles. The number of imidazole rings is 1. The molecule has 2 heterocycles. The largest absolute Gasteiger partial charge is 0.324 e. The number of para-hydroxylation sites is 2. The minimum atomic E-state index is -0.403. The third kappa shape index (κ3) is 2.19. The maximum atomic E-state index is 10.6. The number of aromatic nitrogens is 2. The predicted octanol–water partition coefficient (Wildman–Crippen LogP) is 3.20. The van der Waals surface area contributed by atoms with Gasteiger partial charge in [-0.05, 0) is 25.1 Å². The summed E-state index contributed by atoms with van der Waals surface area (Å²) in [6.45, 7) is 1.87. The lowest BCUT2D eigenvalue weighted by Crippen LogP contribution is -1.92. The van der Waals surface area contributed by atoms with Crippen LogP contribution in [0.4, 0.5) is 5.00 Å². The number of thiophene rings is 1. The van der Waals surface area contributed by atoms with E-state index in [-0.39, 0.29) is 5.00 Å². The molecule has 20 heavy (non-hydrogen) atoms. The molecule has 0 bridgehead atoms. The number of rotatable bonds is 3. The monoisotopic (exact) mass is 286 g/mol. The summed E-state index contributed by atoms with van der Waals surface area (Å²) in [6, 6.07) is 10.9. The van der Waals surface area contributed by atoms with Crippen molar-refractivity contribution in [3.05, 3.63) is 57.2 Å². The van der Waals surface area contributed by atoms with Crippen molar-refractivity contribution in [3.63, 3.8) is 0 Å². The molecule has 0 radical (unpaired) electrons. The van der Waals surface area contributed by atoms with Gasteiger partial charge in [0.15, 0.2) is 0 Å². The average molecular weight is 286 g/mol. The number of hydrogen-bond donors (Lipinski definition) is 0. The summed E-state index contributed by atoms with van der Waals surface area (Å²) in [6.07, 6.45) is 1.61. The van der Waals surface area contributed by atoms with Gasteiger partial charge in [0.1, 0.15) is 5.82 Å². The molecular formula is C13H10N4O2S. The van der Waals surface area contributed by atoms with Gasteiger partial charge in [0.05, 0.1) is 27.0 Å². The van der Waals surface area contributed by atoms with Crippen LogP contribution in [-0.2, 0) is 0 Å². The second-order valence-electron chi connectivity index (χ2n) is 4.14. The van der Waals surface area contributed by atoms with E-state index in [0.717, 1.165) is 33.1 Å². The van der Waals surface area contributed by atoms with E-state index in [1.165, 1.54) is 6.07 Å². The number of nitrogens with zero attached hydrogens (tertiary/aromatic N) is 4. The Morgan fingerprint density at radius 2 is 2.15 bits per heavy atom. The third-order valence-corrected chi connectivity index (χ3v) is 3.76. The van der Waals surface area contributed by atoms with Crippen LogP contribution < -0.4 is 0 Å². The highest BCUT2D eigenvalue weighted by Gasteiger charge is 2.09. The normalized spacial score (nSPS) is 11.4. The van der Waals surface area contributed by atoms with Gasteiger partial charge < -0.3 is 0 Å². The van der Waals surface area contributed by atoms with E-state index in [9.17, 15) is 10.1 Å². The summed E-state index contributed by atoms with van der Waals surface area (Å²) in [5, 5.41) is 15.1. The van der Waals surface area contributed by atoms with E-state index in [2.05, 4.69) is 10.1 Å². The Balaban J connectivity index is 1.97. The Hall–Kier alpha value is -2.54. The highest BCUT2D eigenvalue weighted by molar-refractivity contribution is 7.16. The molecule has 0 spiro atoms. The van der Waals surface area contributed by atoms with Crippen molar-refractivity contribution in [3.8, 4) is 0 Å². The van der Waals surface area contributed by atoms with Gasteiger partial charge in [0.2, 0.25) is 0 Å². The molecule has 3 rings (SSSR count). The number of nitro groups is 1. The van der Waals surface area contributed by atoms with E-state index in [1.807, 2.05) is 31.2 Å². The topological polar surface area (TPSA) is 73.3 Å². The Labute approximate surface area is 118 Å². The molecule has 0 saturated carbocycles. The molecular weight excluding hydrogens is 276 g/mol. The van der Waals surface area contributed by atoms with Gasteiger partial charge in [-0.25, -0.2) is 9.66 Å². The van der Waals surface area contributed by atoms with Crippen molar-refractivity contribution < 1.29 is 4.92 Å². The van der Waals surface area contributed by atoms with Gasteiger partial charge in [0, 0.05) is 6.07 Å². The Morgan fingerprint density at radius 1 is 1.35 bits per heavy atom. The zero-order valence-electron chi connectivity index (χ0n) is 10.6. The number of hydrogen-bond acceptors (Lipinski definition) is 5. The van der Waals surface area contributed by atoms with Gasteiger partial charge in [-0.1, -0.05) is 23.5 Å². The van der Waals surface area contributed by atoms with Crippen LogP contribution in [-0.4, -0.2) is 20.8 Å². The number of benzene rings is 1. The van der Waals surface area contributed by atoms with E-state index < -0.39 is 4.92 Å². The zero-order valence-corrected chi connectivity index (χ0v) is 11.4. The Morgan fingerprint density at radius 3 is 2.90 bits per heavy atom. The maximum absolute atomic E-state index is 10.6. The van der Waals surface area contributed by atoms with Crippen LogP contribution >= 0.6 is 11.3 Å². The molecule has 7 heteroatoms. The molecule has 0 aliphatic carbocycles. The summed E-state index contributed by atoms with van der Waals surface area (Å²) < 4.78 is 1.72. The molecule has 1 aromatic carbocycles. The van der Waals surface area contributed by atoms with Crippen molar-refractivity contribution in [1.82, 2.24) is 9.66 Å². The molecule has 0 aliphatic rings. The van der Waals surface area contributed by atoms with Crippen molar-refractivity contribution in [2.24, 2.45) is 5.10 Å². The van der Waals surface area contributed by atoms with E-state index >= 15 is 0 Å². The molecule has 0 saturated heterocycles. The van der Waals surface area contributed by atoms with Gasteiger partial charge in [-0.15, -0.1) is 0 Å². The van der Waals surface area contributed by atoms with Crippen molar-refractivity contribution in [2.45, 2.75) is 6.92 Å². The first kappa shape index (κ1) is 12.5. The fourth-order valence-electron chi connectivity index (χ4n) is 1.90. The van der Waals surface area contributed by atoms with Crippen LogP contribution in [0.5, 0.6) is 0 Å². The molecule has 0 amide bonds. The second kappa shape index (κ2) is 4.86. The third-order valence-electron chi connectivity index (χ3n) is 2.79. The Bertz CT molecular complexity index is 819. The predicted molar refractivity (Wildman–Crippen MR) is 78.4 cm³/mol. The van der Waals surface area contributed by atoms with E-state index in [1.54, 1.807) is 17.0 Å². The maximum Gasteiger partial charge on any atom is 0.324 e. The van der Waals surface area contributed by atoms with Crippen molar-refractivity contribution in [2.75, 3.05) is 0 Å². The summed E-state index contributed by atoms with van der Waals surface area (Å²) >= 11 is 1.09. The van der Waals surface area contributed by atoms with Gasteiger partial charge in [0.25, 0.3) is 0 Å². The standard InChI is InChI=1S/C13H10N4O2S/c1-9-15-11-4-2-3-5-12(11)16(9)14-8-10-6-7-13(20-10)17(18)19/h2-8H,1H3. The van der Waals surface area contributed by atoms with E-state index in [4.69, 9.17) is 0 Å². The summed E-state index contributed by atoms with van der Waals surface area (Å²) in [4.78, 5) is 15.4. The smallest absolute Gasteiger partial charge is 0.258 e. The summed E-state index contributed by atoms with van der Waals surface area (Å²) in [5.41, 5.74) is 1.78. The molecule has 0 N–H and O–H groups in total. The first-order chi connectivity index (χ1) is 9.65. The van der Waals surface area contributed by atoms with Crippen LogP contribution in [0.25, 0.3) is 11.0 Å². The quantitative estimate of drug-likeness (QED) is 0.421. The molecule has 0 fully saturated rings. The van der Waals surface area contributed by atoms with Gasteiger partial charge in [-0.2, -0.15) is 5.10 Å². The lowest BCUT2D eigenvalue weighted by molar-refractivity contribution is -0.380. The lowest BCUT2D eigenvalue weighted by Gasteiger charge is -1.96. The van der Waals surface area contributed by atoms with Crippen LogP contribution in [0.2, 0.25) is 0 Å². The van der Waals surface area contributed by atoms with Crippen LogP contribution in [0, 0.1) is 17.0 Å². The van der Waals surface area contributed by atoms with Crippen LogP contribution in [0.3, 0.4) is 0 Å². The first-order valence-electron chi connectivity index (χ1n) is 5.88.